The molecule has 0 spiro atoms. The molecule has 0 bridgehead atoms. The van der Waals surface area contributed by atoms with Gasteiger partial charge in [0.05, 0.1) is 5.56 Å². The average molecular weight is 354 g/mol. The number of rotatable bonds is 4. The predicted octanol–water partition coefficient (Wildman–Crippen LogP) is 2.98. The number of carbonyl (C=O) groups is 2. The van der Waals surface area contributed by atoms with Crippen LogP contribution in [0.2, 0.25) is 0 Å². The number of primary amides is 1. The normalized spacial score (nSPS) is 14.0. The maximum Gasteiger partial charge on any atom is 0.251 e. The van der Waals surface area contributed by atoms with E-state index in [9.17, 15) is 9.59 Å². The van der Waals surface area contributed by atoms with Crippen LogP contribution in [0.15, 0.2) is 0 Å². The van der Waals surface area contributed by atoms with Crippen LogP contribution in [-0.2, 0) is 17.6 Å². The van der Waals surface area contributed by atoms with Crippen molar-refractivity contribution in [3.8, 4) is 0 Å². The van der Waals surface area contributed by atoms with E-state index in [1.54, 1.807) is 0 Å². The molecule has 5 nitrogen and oxygen atoms in total. The van der Waals surface area contributed by atoms with E-state index in [1.165, 1.54) is 22.6 Å². The molecule has 1 aliphatic carbocycles. The first kappa shape index (κ1) is 17.9. The van der Waals surface area contributed by atoms with Gasteiger partial charge >= 0.3 is 0 Å². The fourth-order valence-corrected chi connectivity index (χ4v) is 4.35. The van der Waals surface area contributed by atoms with Crippen LogP contribution < -0.4 is 16.4 Å². The maximum absolute atomic E-state index is 11.9. The lowest BCUT2D eigenvalue weighted by Gasteiger charge is -2.10. The van der Waals surface area contributed by atoms with Crippen molar-refractivity contribution in [3.63, 3.8) is 0 Å². The zero-order valence-electron chi connectivity index (χ0n) is 13.5. The Labute approximate surface area is 146 Å². The molecular formula is C16H23N3O2S2. The van der Waals surface area contributed by atoms with E-state index in [2.05, 4.69) is 10.6 Å². The molecule has 1 aliphatic rings. The first-order chi connectivity index (χ1) is 10.9. The molecule has 126 valence electrons. The summed E-state index contributed by atoms with van der Waals surface area (Å²) in [6, 6.07) is 0. The van der Waals surface area contributed by atoms with Gasteiger partial charge in [-0.2, -0.15) is 0 Å². The van der Waals surface area contributed by atoms with E-state index in [0.29, 0.717) is 17.0 Å². The Morgan fingerprint density at radius 2 is 1.96 bits per heavy atom. The Morgan fingerprint density at radius 3 is 2.61 bits per heavy atom. The number of nitrogens with two attached hydrogens (primary N) is 1. The quantitative estimate of drug-likeness (QED) is 0.574. The summed E-state index contributed by atoms with van der Waals surface area (Å²) in [5.74, 6) is -0.309. The lowest BCUT2D eigenvalue weighted by Crippen LogP contribution is -2.35. The highest BCUT2D eigenvalue weighted by Crippen LogP contribution is 2.37. The van der Waals surface area contributed by atoms with E-state index >= 15 is 0 Å². The van der Waals surface area contributed by atoms with Gasteiger partial charge < -0.3 is 16.4 Å². The lowest BCUT2D eigenvalue weighted by atomic mass is 10.1. The predicted molar refractivity (Wildman–Crippen MR) is 97.9 cm³/mol. The van der Waals surface area contributed by atoms with Crippen LogP contribution in [0.3, 0.4) is 0 Å². The van der Waals surface area contributed by atoms with E-state index < -0.39 is 5.91 Å². The number of amides is 2. The van der Waals surface area contributed by atoms with Crippen LogP contribution in [0.1, 0.15) is 60.3 Å². The number of thiophene rings is 1. The Hall–Kier alpha value is -1.47. The van der Waals surface area contributed by atoms with Crippen molar-refractivity contribution in [1.82, 2.24) is 5.32 Å². The van der Waals surface area contributed by atoms with Gasteiger partial charge in [-0.05, 0) is 49.4 Å². The summed E-state index contributed by atoms with van der Waals surface area (Å²) in [5, 5.41) is 6.51. The molecule has 23 heavy (non-hydrogen) atoms. The molecule has 1 heterocycles. The minimum absolute atomic E-state index is 0.128. The van der Waals surface area contributed by atoms with Crippen molar-refractivity contribution in [2.45, 2.75) is 52.4 Å². The van der Waals surface area contributed by atoms with Crippen LogP contribution in [0.25, 0.3) is 0 Å². The van der Waals surface area contributed by atoms with Crippen molar-refractivity contribution in [2.24, 2.45) is 11.7 Å². The molecule has 2 amide bonds. The third-order valence-electron chi connectivity index (χ3n) is 3.74. The second kappa shape index (κ2) is 7.88. The lowest BCUT2D eigenvalue weighted by molar-refractivity contribution is -0.120. The number of thiocarbonyl (C=S) groups is 1. The van der Waals surface area contributed by atoms with Crippen molar-refractivity contribution in [2.75, 3.05) is 5.32 Å². The molecule has 1 aromatic rings. The molecular weight excluding hydrogens is 330 g/mol. The number of nitrogens with one attached hydrogen (secondary N) is 2. The van der Waals surface area contributed by atoms with E-state index in [-0.39, 0.29) is 16.9 Å². The Balaban J connectivity index is 2.15. The number of hydrogen-bond donors (Lipinski definition) is 3. The highest BCUT2D eigenvalue weighted by atomic mass is 32.1. The SMILES string of the molecule is CC(C)CC(=O)NC(=S)Nc1sc2c(c1C(N)=O)CCCCC2. The molecule has 0 atom stereocenters. The summed E-state index contributed by atoms with van der Waals surface area (Å²) in [6.45, 7) is 3.94. The van der Waals surface area contributed by atoms with Crippen LogP contribution in [-0.4, -0.2) is 16.9 Å². The minimum Gasteiger partial charge on any atom is -0.365 e. The van der Waals surface area contributed by atoms with Gasteiger partial charge in [0, 0.05) is 11.3 Å². The fraction of sp³-hybridized carbons (Fsp3) is 0.562. The molecule has 0 fully saturated rings. The van der Waals surface area contributed by atoms with Gasteiger partial charge in [-0.15, -0.1) is 11.3 Å². The van der Waals surface area contributed by atoms with Crippen molar-refractivity contribution < 1.29 is 9.59 Å². The molecule has 0 aromatic carbocycles. The summed E-state index contributed by atoms with van der Waals surface area (Å²) in [4.78, 5) is 24.9. The van der Waals surface area contributed by atoms with Gasteiger partial charge in [0.25, 0.3) is 5.91 Å². The number of carbonyl (C=O) groups excluding carboxylic acids is 2. The van der Waals surface area contributed by atoms with E-state index in [1.807, 2.05) is 13.8 Å². The third kappa shape index (κ3) is 4.75. The standard InChI is InChI=1S/C16H23N3O2S2/c1-9(2)8-12(20)18-16(22)19-15-13(14(17)21)10-6-4-3-5-7-11(10)23-15/h9H,3-8H2,1-2H3,(H2,17,21)(H2,18,19,20,22). The van der Waals surface area contributed by atoms with Crippen molar-refractivity contribution in [1.29, 1.82) is 0 Å². The Bertz CT molecular complexity index is 623. The molecule has 4 N–H and O–H groups in total. The first-order valence-corrected chi connectivity index (χ1v) is 9.16. The highest BCUT2D eigenvalue weighted by molar-refractivity contribution is 7.80. The van der Waals surface area contributed by atoms with Crippen LogP contribution in [0.5, 0.6) is 0 Å². The molecule has 0 radical (unpaired) electrons. The van der Waals surface area contributed by atoms with E-state index in [4.69, 9.17) is 18.0 Å². The topological polar surface area (TPSA) is 84.2 Å². The van der Waals surface area contributed by atoms with Crippen LogP contribution in [0.4, 0.5) is 5.00 Å². The molecule has 0 unspecified atom stereocenters. The van der Waals surface area contributed by atoms with Gasteiger partial charge in [-0.25, -0.2) is 0 Å². The summed E-state index contributed by atoms with van der Waals surface area (Å²) in [5.41, 5.74) is 7.16. The van der Waals surface area contributed by atoms with Crippen molar-refractivity contribution in [3.05, 3.63) is 16.0 Å². The highest BCUT2D eigenvalue weighted by Gasteiger charge is 2.23. The number of hydrogen-bond acceptors (Lipinski definition) is 4. The Morgan fingerprint density at radius 1 is 1.26 bits per heavy atom. The molecule has 1 aromatic heterocycles. The third-order valence-corrected chi connectivity index (χ3v) is 5.15. The van der Waals surface area contributed by atoms with Crippen LogP contribution in [0, 0.1) is 5.92 Å². The smallest absolute Gasteiger partial charge is 0.251 e. The second-order valence-electron chi connectivity index (χ2n) is 6.23. The Kier molecular flexibility index (Phi) is 6.12. The van der Waals surface area contributed by atoms with Gasteiger partial charge in [0.2, 0.25) is 5.91 Å². The fourth-order valence-electron chi connectivity index (χ4n) is 2.77. The molecule has 0 saturated carbocycles. The van der Waals surface area contributed by atoms with E-state index in [0.717, 1.165) is 31.2 Å². The number of fused-ring (bicyclic) bond motifs is 1. The minimum atomic E-state index is -0.441. The molecule has 2 rings (SSSR count). The number of aryl methyl sites for hydroxylation is 1. The van der Waals surface area contributed by atoms with Gasteiger partial charge in [-0.3, -0.25) is 9.59 Å². The molecule has 7 heteroatoms. The monoisotopic (exact) mass is 353 g/mol. The second-order valence-corrected chi connectivity index (χ2v) is 7.75. The van der Waals surface area contributed by atoms with Gasteiger partial charge in [-0.1, -0.05) is 20.3 Å². The molecule has 0 saturated heterocycles. The van der Waals surface area contributed by atoms with Gasteiger partial charge in [0.1, 0.15) is 5.00 Å². The van der Waals surface area contributed by atoms with Gasteiger partial charge in [0.15, 0.2) is 5.11 Å². The zero-order valence-corrected chi connectivity index (χ0v) is 15.2. The zero-order chi connectivity index (χ0) is 17.0. The summed E-state index contributed by atoms with van der Waals surface area (Å²) >= 11 is 6.71. The maximum atomic E-state index is 11.9. The van der Waals surface area contributed by atoms with Crippen LogP contribution >= 0.6 is 23.6 Å². The number of anilines is 1. The molecule has 0 aliphatic heterocycles. The summed E-state index contributed by atoms with van der Waals surface area (Å²) < 4.78 is 0. The summed E-state index contributed by atoms with van der Waals surface area (Å²) in [7, 11) is 0. The average Bonchev–Trinajstić information content (AvgIpc) is 2.60. The first-order valence-electron chi connectivity index (χ1n) is 7.93. The van der Waals surface area contributed by atoms with Crippen molar-refractivity contribution >= 4 is 45.5 Å². The largest absolute Gasteiger partial charge is 0.365 e. The summed E-state index contributed by atoms with van der Waals surface area (Å²) in [6.07, 6.45) is 5.61.